The second-order valence-corrected chi connectivity index (χ2v) is 12.0. The van der Waals surface area contributed by atoms with E-state index in [2.05, 4.69) is 19.2 Å². The van der Waals surface area contributed by atoms with Crippen LogP contribution in [0.2, 0.25) is 0 Å². The van der Waals surface area contributed by atoms with Crippen molar-refractivity contribution in [3.63, 3.8) is 0 Å². The van der Waals surface area contributed by atoms with E-state index in [1.165, 1.54) is 6.07 Å². The number of rotatable bonds is 8. The van der Waals surface area contributed by atoms with Gasteiger partial charge in [-0.05, 0) is 83.1 Å². The number of aryl methyl sites for hydroxylation is 2. The fourth-order valence-corrected chi connectivity index (χ4v) is 5.35. The average Bonchev–Trinajstić information content (AvgIpc) is 3.19. The highest BCUT2D eigenvalue weighted by molar-refractivity contribution is 6.04. The van der Waals surface area contributed by atoms with E-state index in [-0.39, 0.29) is 11.7 Å². The van der Waals surface area contributed by atoms with Gasteiger partial charge in [-0.25, -0.2) is 14.2 Å². The lowest BCUT2D eigenvalue weighted by molar-refractivity contribution is -0.160. The van der Waals surface area contributed by atoms with Crippen molar-refractivity contribution >= 4 is 22.9 Å². The number of aromatic nitrogens is 2. The van der Waals surface area contributed by atoms with Crippen molar-refractivity contribution in [2.75, 3.05) is 13.2 Å². The average molecular weight is 554 g/mol. The van der Waals surface area contributed by atoms with Crippen molar-refractivity contribution in [1.29, 1.82) is 0 Å². The van der Waals surface area contributed by atoms with Crippen molar-refractivity contribution < 1.29 is 28.6 Å². The number of amides is 1. The zero-order valence-corrected chi connectivity index (χ0v) is 24.7. The maximum atomic E-state index is 15.5. The van der Waals surface area contributed by atoms with Crippen LogP contribution in [0.25, 0.3) is 22.2 Å². The van der Waals surface area contributed by atoms with Crippen LogP contribution < -0.4 is 10.1 Å². The maximum absolute atomic E-state index is 15.5. The molecule has 0 bridgehead atoms. The van der Waals surface area contributed by atoms with E-state index in [9.17, 15) is 14.7 Å². The molecule has 1 aliphatic heterocycles. The number of carbonyl (C=O) groups excluding carboxylic acids is 1. The number of carboxylic acids is 1. The number of benzene rings is 1. The fraction of sp³-hybridized carbons (Fsp3) is 0.516. The molecular weight excluding hydrogens is 513 g/mol. The number of hydrogen-bond acceptors (Lipinski definition) is 5. The molecule has 2 aromatic heterocycles. The van der Waals surface area contributed by atoms with E-state index < -0.39 is 23.5 Å². The van der Waals surface area contributed by atoms with Gasteiger partial charge in [0, 0.05) is 41.4 Å². The van der Waals surface area contributed by atoms with E-state index in [1.807, 2.05) is 6.92 Å². The third-order valence-corrected chi connectivity index (χ3v) is 7.31. The minimum Gasteiger partial charge on any atom is -0.490 e. The van der Waals surface area contributed by atoms with Gasteiger partial charge in [-0.2, -0.15) is 0 Å². The zero-order chi connectivity index (χ0) is 29.5. The quantitative estimate of drug-likeness (QED) is 0.353. The second-order valence-electron chi connectivity index (χ2n) is 12.0. The van der Waals surface area contributed by atoms with E-state index in [4.69, 9.17) is 14.5 Å². The molecule has 1 aromatic carbocycles. The van der Waals surface area contributed by atoms with Crippen molar-refractivity contribution in [2.45, 2.75) is 79.4 Å². The number of nitrogens with one attached hydrogen (secondary N) is 1. The van der Waals surface area contributed by atoms with Crippen LogP contribution in [0.5, 0.6) is 5.75 Å². The molecule has 216 valence electrons. The molecule has 0 saturated carbocycles. The van der Waals surface area contributed by atoms with Gasteiger partial charge in [-0.15, -0.1) is 0 Å². The van der Waals surface area contributed by atoms with Crippen LogP contribution in [0.4, 0.5) is 4.39 Å². The highest BCUT2D eigenvalue weighted by Crippen LogP contribution is 2.44. The van der Waals surface area contributed by atoms with Gasteiger partial charge >= 0.3 is 5.97 Å². The number of fused-ring (bicyclic) bond motifs is 2. The Balaban J connectivity index is 2.04. The molecule has 0 fully saturated rings. The van der Waals surface area contributed by atoms with Crippen molar-refractivity contribution in [3.05, 3.63) is 46.0 Å². The van der Waals surface area contributed by atoms with Crippen LogP contribution in [-0.2, 0) is 23.0 Å². The molecule has 1 atom stereocenters. The molecule has 4 rings (SSSR count). The van der Waals surface area contributed by atoms with Crippen LogP contribution in [-0.4, -0.2) is 45.3 Å². The Hall–Kier alpha value is -3.46. The molecule has 3 heterocycles. The Morgan fingerprint density at radius 2 is 1.95 bits per heavy atom. The number of carbonyl (C=O) groups is 2. The first-order chi connectivity index (χ1) is 18.7. The van der Waals surface area contributed by atoms with Crippen LogP contribution in [0.3, 0.4) is 0 Å². The van der Waals surface area contributed by atoms with E-state index >= 15 is 4.39 Å². The summed E-state index contributed by atoms with van der Waals surface area (Å²) >= 11 is 0. The minimum atomic E-state index is -1.37. The van der Waals surface area contributed by atoms with Gasteiger partial charge in [0.2, 0.25) is 0 Å². The summed E-state index contributed by atoms with van der Waals surface area (Å²) < 4.78 is 29.0. The monoisotopic (exact) mass is 553 g/mol. The van der Waals surface area contributed by atoms with Crippen molar-refractivity contribution in [1.82, 2.24) is 14.9 Å². The molecule has 8 nitrogen and oxygen atoms in total. The molecule has 1 aliphatic rings. The van der Waals surface area contributed by atoms with Gasteiger partial charge in [0.1, 0.15) is 11.3 Å². The molecule has 0 unspecified atom stereocenters. The summed E-state index contributed by atoms with van der Waals surface area (Å²) in [6, 6.07) is 3.12. The summed E-state index contributed by atoms with van der Waals surface area (Å²) in [4.78, 5) is 30.7. The molecule has 0 aliphatic carbocycles. The number of pyridine rings is 1. The lowest BCUT2D eigenvalue weighted by atomic mass is 9.86. The normalized spacial score (nSPS) is 14.2. The van der Waals surface area contributed by atoms with Gasteiger partial charge in [0.05, 0.1) is 12.2 Å². The Labute approximate surface area is 234 Å². The number of nitrogens with zero attached hydrogens (tertiary/aromatic N) is 2. The second kappa shape index (κ2) is 11.2. The standard InChI is InChI=1S/C31H40FN3O5/c1-16(2)11-12-33-29(36)23-15-21-25(20-14-22(32)26-19(17(20)3)10-9-13-39-26)24(18(4)34-28(21)35(23)8)27(30(37)38)40-31(5,6)7/h14-16,27H,9-13H2,1-8H3,(H,33,36)(H,37,38)/t27-/m0/s1. The summed E-state index contributed by atoms with van der Waals surface area (Å²) in [6.07, 6.45) is 0.867. The van der Waals surface area contributed by atoms with E-state index in [1.54, 1.807) is 45.4 Å². The minimum absolute atomic E-state index is 0.245. The number of hydrogen-bond donors (Lipinski definition) is 2. The van der Waals surface area contributed by atoms with Gasteiger partial charge in [-0.3, -0.25) is 4.79 Å². The Kier molecular flexibility index (Phi) is 8.26. The molecular formula is C31H40FN3O5. The number of aliphatic carboxylic acids is 1. The van der Waals surface area contributed by atoms with Crippen LogP contribution in [0, 0.1) is 25.6 Å². The number of ether oxygens (including phenoxy) is 2. The Bertz CT molecular complexity index is 1470. The Morgan fingerprint density at radius 3 is 2.58 bits per heavy atom. The van der Waals surface area contributed by atoms with Gasteiger partial charge < -0.3 is 24.5 Å². The van der Waals surface area contributed by atoms with E-state index in [0.29, 0.717) is 64.6 Å². The van der Waals surface area contributed by atoms with E-state index in [0.717, 1.165) is 24.0 Å². The third kappa shape index (κ3) is 5.70. The molecule has 3 aromatic rings. The molecule has 0 radical (unpaired) electrons. The first-order valence-corrected chi connectivity index (χ1v) is 13.8. The highest BCUT2D eigenvalue weighted by Gasteiger charge is 2.34. The predicted octanol–water partition coefficient (Wildman–Crippen LogP) is 6.04. The summed E-state index contributed by atoms with van der Waals surface area (Å²) in [7, 11) is 1.75. The lowest BCUT2D eigenvalue weighted by Gasteiger charge is -2.29. The van der Waals surface area contributed by atoms with Crippen molar-refractivity contribution in [3.8, 4) is 16.9 Å². The number of carboxylic acid groups (broad SMARTS) is 1. The SMILES string of the molecule is Cc1nc2c(cc(C(=O)NCCC(C)C)n2C)c(-c2cc(F)c3c(c2C)CCCO3)c1[C@H](OC(C)(C)C)C(=O)O. The van der Waals surface area contributed by atoms with Crippen LogP contribution >= 0.6 is 0 Å². The molecule has 2 N–H and O–H groups in total. The fourth-order valence-electron chi connectivity index (χ4n) is 5.35. The van der Waals surface area contributed by atoms with Gasteiger partial charge in [0.25, 0.3) is 5.91 Å². The summed E-state index contributed by atoms with van der Waals surface area (Å²) in [5, 5.41) is 13.9. The molecule has 0 saturated heterocycles. The Morgan fingerprint density at radius 1 is 1.25 bits per heavy atom. The maximum Gasteiger partial charge on any atom is 0.337 e. The zero-order valence-electron chi connectivity index (χ0n) is 24.7. The van der Waals surface area contributed by atoms with Crippen molar-refractivity contribution in [2.24, 2.45) is 13.0 Å². The smallest absolute Gasteiger partial charge is 0.337 e. The third-order valence-electron chi connectivity index (χ3n) is 7.31. The van der Waals surface area contributed by atoms with Crippen LogP contribution in [0.15, 0.2) is 12.1 Å². The largest absolute Gasteiger partial charge is 0.490 e. The topological polar surface area (TPSA) is 103 Å². The van der Waals surface area contributed by atoms with Gasteiger partial charge in [0.15, 0.2) is 17.7 Å². The molecule has 1 amide bonds. The first kappa shape index (κ1) is 29.5. The number of halogens is 1. The van der Waals surface area contributed by atoms with Gasteiger partial charge in [-0.1, -0.05) is 13.8 Å². The highest BCUT2D eigenvalue weighted by atomic mass is 19.1. The lowest BCUT2D eigenvalue weighted by Crippen LogP contribution is -2.28. The first-order valence-electron chi connectivity index (χ1n) is 13.8. The van der Waals surface area contributed by atoms with Crippen LogP contribution in [0.1, 0.15) is 86.4 Å². The summed E-state index contributed by atoms with van der Waals surface area (Å²) in [5.41, 5.74) is 3.47. The molecule has 9 heteroatoms. The molecule has 0 spiro atoms. The molecule has 40 heavy (non-hydrogen) atoms. The summed E-state index contributed by atoms with van der Waals surface area (Å²) in [6.45, 7) is 14.1. The summed E-state index contributed by atoms with van der Waals surface area (Å²) in [5.74, 6) is -1.26. The predicted molar refractivity (Wildman–Crippen MR) is 152 cm³/mol.